The van der Waals surface area contributed by atoms with Gasteiger partial charge in [-0.05, 0) is 12.1 Å². The summed E-state index contributed by atoms with van der Waals surface area (Å²) in [5, 5.41) is 10.5. The van der Waals surface area contributed by atoms with Gasteiger partial charge in [-0.15, -0.1) is 0 Å². The second-order valence-electron chi connectivity index (χ2n) is 3.74. The minimum atomic E-state index is -0.949. The minimum Gasteiger partial charge on any atom is -0.394 e. The fourth-order valence-corrected chi connectivity index (χ4v) is 2.89. The van der Waals surface area contributed by atoms with Crippen LogP contribution in [0.25, 0.3) is 0 Å². The van der Waals surface area contributed by atoms with Crippen LogP contribution in [0.1, 0.15) is 5.56 Å². The second kappa shape index (κ2) is 5.43. The van der Waals surface area contributed by atoms with Crippen molar-refractivity contribution in [1.29, 1.82) is 0 Å². The number of hydrogen-bond donors (Lipinski definition) is 1. The first-order valence-corrected chi connectivity index (χ1v) is 6.93. The molecular weight excluding hydrogens is 331 g/mol. The van der Waals surface area contributed by atoms with Crippen LogP contribution >= 0.6 is 39.1 Å². The van der Waals surface area contributed by atoms with E-state index in [0.29, 0.717) is 27.5 Å². The summed E-state index contributed by atoms with van der Waals surface area (Å²) in [5.41, 5.74) is 0.705. The third-order valence-electron chi connectivity index (χ3n) is 2.58. The van der Waals surface area contributed by atoms with Crippen molar-refractivity contribution in [2.45, 2.75) is 11.9 Å². The summed E-state index contributed by atoms with van der Waals surface area (Å²) < 4.78 is 11.4. The summed E-state index contributed by atoms with van der Waals surface area (Å²) in [5.74, 6) is -0.949. The summed E-state index contributed by atoms with van der Waals surface area (Å²) in [4.78, 5) is 0. The van der Waals surface area contributed by atoms with Crippen molar-refractivity contribution in [2.24, 2.45) is 0 Å². The molecule has 3 nitrogen and oxygen atoms in total. The molecule has 2 rings (SSSR count). The molecule has 1 fully saturated rings. The van der Waals surface area contributed by atoms with Crippen molar-refractivity contribution in [2.75, 3.05) is 18.5 Å². The normalized spacial score (nSPS) is 28.6. The van der Waals surface area contributed by atoms with E-state index >= 15 is 0 Å². The topological polar surface area (TPSA) is 38.7 Å². The van der Waals surface area contributed by atoms with E-state index in [0.717, 1.165) is 0 Å². The molecule has 1 N–H and O–H groups in total. The number of ether oxygens (including phenoxy) is 2. The highest BCUT2D eigenvalue weighted by atomic mass is 79.9. The average Bonchev–Trinajstić information content (AvgIpc) is 2.74. The Morgan fingerprint density at radius 1 is 1.47 bits per heavy atom. The van der Waals surface area contributed by atoms with Crippen LogP contribution in [0.15, 0.2) is 18.2 Å². The molecule has 2 atom stereocenters. The van der Waals surface area contributed by atoms with E-state index in [2.05, 4.69) is 15.9 Å². The van der Waals surface area contributed by atoms with Crippen molar-refractivity contribution >= 4 is 39.1 Å². The molecular formula is C11H11BrCl2O3. The van der Waals surface area contributed by atoms with Crippen molar-refractivity contribution < 1.29 is 14.6 Å². The fourth-order valence-electron chi connectivity index (χ4n) is 1.74. The molecule has 0 radical (unpaired) electrons. The first-order chi connectivity index (χ1) is 8.11. The van der Waals surface area contributed by atoms with Crippen LogP contribution in [0.3, 0.4) is 0 Å². The largest absolute Gasteiger partial charge is 0.394 e. The number of benzene rings is 1. The monoisotopic (exact) mass is 340 g/mol. The Morgan fingerprint density at radius 2 is 2.24 bits per heavy atom. The van der Waals surface area contributed by atoms with Crippen molar-refractivity contribution in [3.05, 3.63) is 33.8 Å². The number of rotatable bonds is 3. The quantitative estimate of drug-likeness (QED) is 0.859. The SMILES string of the molecule is OC[C@@H]1CO[C@@](CBr)(c2ccc(Cl)cc2Cl)O1. The molecule has 0 spiro atoms. The Balaban J connectivity index is 2.35. The molecule has 1 aromatic rings. The molecule has 1 aromatic carbocycles. The zero-order valence-electron chi connectivity index (χ0n) is 8.83. The minimum absolute atomic E-state index is 0.0834. The van der Waals surface area contributed by atoms with Crippen LogP contribution in [0.5, 0.6) is 0 Å². The van der Waals surface area contributed by atoms with Gasteiger partial charge in [-0.3, -0.25) is 0 Å². The van der Waals surface area contributed by atoms with Gasteiger partial charge in [0.1, 0.15) is 6.10 Å². The number of halogens is 3. The Hall–Kier alpha value is 0.160. The molecule has 0 unspecified atom stereocenters. The Labute approximate surface area is 118 Å². The smallest absolute Gasteiger partial charge is 0.206 e. The number of aliphatic hydroxyl groups is 1. The molecule has 0 aromatic heterocycles. The van der Waals surface area contributed by atoms with Gasteiger partial charge >= 0.3 is 0 Å². The van der Waals surface area contributed by atoms with E-state index in [1.54, 1.807) is 18.2 Å². The summed E-state index contributed by atoms with van der Waals surface area (Å²) in [6.07, 6.45) is -0.334. The van der Waals surface area contributed by atoms with E-state index in [1.165, 1.54) is 0 Å². The molecule has 1 aliphatic rings. The van der Waals surface area contributed by atoms with Gasteiger partial charge in [-0.1, -0.05) is 45.2 Å². The van der Waals surface area contributed by atoms with E-state index in [9.17, 15) is 0 Å². The third-order valence-corrected chi connectivity index (χ3v) is 3.87. The van der Waals surface area contributed by atoms with Gasteiger partial charge in [-0.2, -0.15) is 0 Å². The lowest BCUT2D eigenvalue weighted by Gasteiger charge is -2.27. The summed E-state index contributed by atoms with van der Waals surface area (Å²) in [7, 11) is 0. The molecule has 1 aliphatic heterocycles. The zero-order chi connectivity index (χ0) is 12.5. The van der Waals surface area contributed by atoms with Gasteiger partial charge in [-0.25, -0.2) is 0 Å². The predicted molar refractivity (Wildman–Crippen MR) is 69.8 cm³/mol. The van der Waals surface area contributed by atoms with Gasteiger partial charge in [0, 0.05) is 10.6 Å². The highest BCUT2D eigenvalue weighted by molar-refractivity contribution is 9.09. The van der Waals surface area contributed by atoms with Crippen molar-refractivity contribution in [3.63, 3.8) is 0 Å². The van der Waals surface area contributed by atoms with Gasteiger partial charge in [0.2, 0.25) is 5.79 Å². The first-order valence-electron chi connectivity index (χ1n) is 5.05. The van der Waals surface area contributed by atoms with Crippen molar-refractivity contribution in [3.8, 4) is 0 Å². The van der Waals surface area contributed by atoms with Crippen molar-refractivity contribution in [1.82, 2.24) is 0 Å². The standard InChI is InChI=1S/C11H11BrCl2O3/c12-6-11(16-5-8(4-15)17-11)9-2-1-7(13)3-10(9)14/h1-3,8,15H,4-6H2/t8-,11-/m1/s1. The van der Waals surface area contributed by atoms with Gasteiger partial charge in [0.25, 0.3) is 0 Å². The summed E-state index contributed by atoms with van der Waals surface area (Å²) >= 11 is 15.3. The maximum atomic E-state index is 9.08. The Bertz CT molecular complexity index is 416. The molecule has 94 valence electrons. The molecule has 0 aliphatic carbocycles. The molecule has 0 amide bonds. The molecule has 1 heterocycles. The van der Waals surface area contributed by atoms with Gasteiger partial charge in [0.05, 0.1) is 23.6 Å². The summed E-state index contributed by atoms with van der Waals surface area (Å²) in [6, 6.07) is 5.14. The van der Waals surface area contributed by atoms with Gasteiger partial charge < -0.3 is 14.6 Å². The van der Waals surface area contributed by atoms with Gasteiger partial charge in [0.15, 0.2) is 0 Å². The maximum absolute atomic E-state index is 9.08. The van der Waals surface area contributed by atoms with Crippen LogP contribution in [0, 0.1) is 0 Å². The third kappa shape index (κ3) is 2.62. The number of hydrogen-bond acceptors (Lipinski definition) is 3. The fraction of sp³-hybridized carbons (Fsp3) is 0.455. The molecule has 0 saturated carbocycles. The summed E-state index contributed by atoms with van der Waals surface area (Å²) in [6.45, 7) is 0.251. The maximum Gasteiger partial charge on any atom is 0.206 e. The van der Waals surface area contributed by atoms with Crippen LogP contribution in [0.2, 0.25) is 10.0 Å². The van der Waals surface area contributed by atoms with Crippen LogP contribution in [0.4, 0.5) is 0 Å². The highest BCUT2D eigenvalue weighted by Crippen LogP contribution is 2.40. The Morgan fingerprint density at radius 3 is 2.76 bits per heavy atom. The number of aliphatic hydroxyl groups excluding tert-OH is 1. The van der Waals surface area contributed by atoms with E-state index in [4.69, 9.17) is 37.8 Å². The number of alkyl halides is 1. The van der Waals surface area contributed by atoms with Crippen LogP contribution in [-0.2, 0) is 15.3 Å². The zero-order valence-corrected chi connectivity index (χ0v) is 11.9. The highest BCUT2D eigenvalue weighted by Gasteiger charge is 2.43. The van der Waals surface area contributed by atoms with E-state index in [-0.39, 0.29) is 12.7 Å². The Kier molecular flexibility index (Phi) is 4.34. The molecule has 0 bridgehead atoms. The molecule has 6 heteroatoms. The lowest BCUT2D eigenvalue weighted by molar-refractivity contribution is -0.160. The van der Waals surface area contributed by atoms with Crippen LogP contribution in [-0.4, -0.2) is 29.8 Å². The average molecular weight is 342 g/mol. The second-order valence-corrected chi connectivity index (χ2v) is 5.15. The van der Waals surface area contributed by atoms with E-state index in [1.807, 2.05) is 0 Å². The first kappa shape index (κ1) is 13.6. The predicted octanol–water partition coefficient (Wildman–Crippen LogP) is 2.95. The molecule has 17 heavy (non-hydrogen) atoms. The molecule has 1 saturated heterocycles. The lowest BCUT2D eigenvalue weighted by Crippen LogP contribution is -2.31. The van der Waals surface area contributed by atoms with E-state index < -0.39 is 5.79 Å². The lowest BCUT2D eigenvalue weighted by atomic mass is 10.1. The van der Waals surface area contributed by atoms with Crippen LogP contribution < -0.4 is 0 Å².